The van der Waals surface area contributed by atoms with Gasteiger partial charge in [-0.25, -0.2) is 0 Å². The molecule has 306 valence electrons. The summed E-state index contributed by atoms with van der Waals surface area (Å²) in [5.74, 6) is 4.97. The summed E-state index contributed by atoms with van der Waals surface area (Å²) in [6, 6.07) is 81.4. The van der Waals surface area contributed by atoms with E-state index >= 15 is 0 Å². The van der Waals surface area contributed by atoms with Crippen molar-refractivity contribution in [2.24, 2.45) is 0 Å². The van der Waals surface area contributed by atoms with Gasteiger partial charge in [-0.05, 0) is 80.8 Å². The number of hydrogen-bond donors (Lipinski definition) is 0. The fourth-order valence-corrected chi connectivity index (χ4v) is 14.2. The standard InChI is InChI=1S/C26H24P2.2C16H9.2Au/c1-5-13-23(14-6-1)27(24-15-7-2-8-16-24)21-22-28(25-17-9-3-10-18-25)26-19-11-4-12-20-26;2*1-2-12-7-5-9-16-14-8-4-3-6-13(14)10-11-15(12)16;;/h1-20H,21-22H2;2*3-11H;;/q;2*-1;2*+1/p+2. The Bertz CT molecular complexity index is 2780. The zero-order valence-corrected chi connectivity index (χ0v) is 40.3. The van der Waals surface area contributed by atoms with Crippen molar-refractivity contribution in [3.63, 3.8) is 0 Å². The minimum atomic E-state index is -0.783. The topological polar surface area (TPSA) is 0 Å². The summed E-state index contributed by atoms with van der Waals surface area (Å²) >= 11 is 0. The Morgan fingerprint density at radius 1 is 0.274 bits per heavy atom. The molecule has 0 aromatic heterocycles. The molecule has 0 bridgehead atoms. The van der Waals surface area contributed by atoms with Crippen LogP contribution in [-0.4, -0.2) is 12.3 Å². The minimum Gasteiger partial charge on any atom is -0.366 e. The van der Waals surface area contributed by atoms with Crippen LogP contribution >= 0.6 is 15.8 Å². The molecule has 0 aliphatic heterocycles. The number of fused-ring (bicyclic) bond motifs is 6. The van der Waals surface area contributed by atoms with Gasteiger partial charge < -0.3 is 12.8 Å². The molecule has 0 nitrogen and oxygen atoms in total. The molecule has 10 aromatic carbocycles. The van der Waals surface area contributed by atoms with Crippen LogP contribution in [0.15, 0.2) is 231 Å². The molecule has 0 saturated carbocycles. The van der Waals surface area contributed by atoms with Crippen molar-refractivity contribution in [3.05, 3.63) is 254 Å². The van der Waals surface area contributed by atoms with E-state index in [1.54, 1.807) is 0 Å². The van der Waals surface area contributed by atoms with Crippen LogP contribution in [0.4, 0.5) is 0 Å². The van der Waals surface area contributed by atoms with Gasteiger partial charge >= 0.3 is 44.8 Å². The van der Waals surface area contributed by atoms with Crippen molar-refractivity contribution in [3.8, 4) is 11.8 Å². The quantitative estimate of drug-likeness (QED) is 0.0491. The maximum absolute atomic E-state index is 7.28. The van der Waals surface area contributed by atoms with Crippen molar-refractivity contribution in [1.29, 1.82) is 0 Å². The maximum Gasteiger partial charge on any atom is 1.00 e. The molecule has 62 heavy (non-hydrogen) atoms. The first-order chi connectivity index (χ1) is 29.7. The molecule has 10 aromatic rings. The fourth-order valence-electron chi connectivity index (χ4n) is 8.02. The summed E-state index contributed by atoms with van der Waals surface area (Å²) in [7, 11) is -1.57. The molecule has 0 heterocycles. The Kier molecular flexibility index (Phi) is 17.3. The van der Waals surface area contributed by atoms with E-state index in [9.17, 15) is 0 Å². The van der Waals surface area contributed by atoms with E-state index in [-0.39, 0.29) is 44.8 Å². The Hall–Kier alpha value is -5.30. The van der Waals surface area contributed by atoms with Crippen molar-refractivity contribution in [2.75, 3.05) is 12.3 Å². The second kappa shape index (κ2) is 23.2. The molecule has 0 amide bonds. The normalized spacial score (nSPS) is 10.4. The van der Waals surface area contributed by atoms with Gasteiger partial charge in [0.05, 0.1) is 37.1 Å². The first kappa shape index (κ1) is 46.2. The molecule has 0 atom stereocenters. The molecule has 0 N–H and O–H groups in total. The van der Waals surface area contributed by atoms with Crippen LogP contribution < -0.4 is 21.2 Å². The Labute approximate surface area is 400 Å². The largest absolute Gasteiger partial charge is 1.00 e. The van der Waals surface area contributed by atoms with Gasteiger partial charge in [0.15, 0.2) is 0 Å². The monoisotopic (exact) mass is 1200 g/mol. The summed E-state index contributed by atoms with van der Waals surface area (Å²) in [6.07, 6.45) is 17.1. The number of benzene rings is 10. The van der Waals surface area contributed by atoms with E-state index in [0.29, 0.717) is 0 Å². The Morgan fingerprint density at radius 3 is 0.887 bits per heavy atom. The van der Waals surface area contributed by atoms with Gasteiger partial charge in [-0.15, -0.1) is 23.3 Å². The van der Waals surface area contributed by atoms with E-state index in [1.165, 1.54) is 65.9 Å². The second-order valence-corrected chi connectivity index (χ2v) is 19.8. The zero-order chi connectivity index (χ0) is 40.9. The second-order valence-electron chi connectivity index (χ2n) is 14.5. The van der Waals surface area contributed by atoms with Crippen LogP contribution in [-0.2, 0) is 44.8 Å². The molecule has 0 fully saturated rings. The van der Waals surface area contributed by atoms with Gasteiger partial charge in [0, 0.05) is 0 Å². The zero-order valence-electron chi connectivity index (χ0n) is 34.0. The van der Waals surface area contributed by atoms with E-state index in [4.69, 9.17) is 12.8 Å². The first-order valence-corrected chi connectivity index (χ1v) is 23.7. The van der Waals surface area contributed by atoms with Crippen LogP contribution in [0.1, 0.15) is 11.1 Å². The van der Waals surface area contributed by atoms with Gasteiger partial charge in [-0.2, -0.15) is 0 Å². The first-order valence-electron chi connectivity index (χ1n) is 20.3. The number of rotatable bonds is 7. The molecule has 0 saturated heterocycles. The van der Waals surface area contributed by atoms with E-state index < -0.39 is 15.8 Å². The molecule has 0 spiro atoms. The van der Waals surface area contributed by atoms with Crippen molar-refractivity contribution in [2.45, 2.75) is 0 Å². The third-order valence-corrected chi connectivity index (χ3v) is 17.1. The molecular formula is C58H44Au2P2+2. The summed E-state index contributed by atoms with van der Waals surface area (Å²) in [6.45, 7) is 0. The number of hydrogen-bond acceptors (Lipinski definition) is 0. The van der Waals surface area contributed by atoms with E-state index in [0.717, 1.165) is 21.9 Å². The molecule has 0 aliphatic rings. The molecule has 4 heteroatoms. The van der Waals surface area contributed by atoms with Crippen LogP contribution in [0.2, 0.25) is 0 Å². The predicted molar refractivity (Wildman–Crippen MR) is 266 cm³/mol. The van der Waals surface area contributed by atoms with Crippen molar-refractivity contribution < 1.29 is 44.8 Å². The average Bonchev–Trinajstić information content (AvgIpc) is 3.34. The van der Waals surface area contributed by atoms with Crippen LogP contribution in [0.25, 0.3) is 43.1 Å². The molecule has 0 aliphatic carbocycles. The third kappa shape index (κ3) is 11.0. The molecular weight excluding hydrogens is 1150 g/mol. The van der Waals surface area contributed by atoms with Crippen LogP contribution in [0, 0.1) is 24.7 Å². The third-order valence-electron chi connectivity index (χ3n) is 11.0. The smallest absolute Gasteiger partial charge is 0.366 e. The SMILES string of the molecule is [Au+].[Au+].[C-]#Cc1cccc2c1ccc1ccccc12.[C-]#Cc1cccc2c1ccc1ccccc12.c1ccc([PH+](CC[PH+](c2ccccc2)c2ccccc2)c2ccccc2)cc1. The van der Waals surface area contributed by atoms with Gasteiger partial charge in [0.25, 0.3) is 0 Å². The summed E-state index contributed by atoms with van der Waals surface area (Å²) < 4.78 is 0. The fraction of sp³-hybridized carbons (Fsp3) is 0.0345. The average molecular weight is 1200 g/mol. The predicted octanol–water partition coefficient (Wildman–Crippen LogP) is 12.6. The molecule has 0 radical (unpaired) electrons. The van der Waals surface area contributed by atoms with Crippen LogP contribution in [0.5, 0.6) is 0 Å². The van der Waals surface area contributed by atoms with Gasteiger partial charge in [-0.3, -0.25) is 11.8 Å². The summed E-state index contributed by atoms with van der Waals surface area (Å²) in [4.78, 5) is 0. The summed E-state index contributed by atoms with van der Waals surface area (Å²) in [5.41, 5.74) is 1.70. The maximum atomic E-state index is 7.28. The Balaban J connectivity index is 0.000000162. The summed E-state index contributed by atoms with van der Waals surface area (Å²) in [5, 5.41) is 15.6. The van der Waals surface area contributed by atoms with Gasteiger partial charge in [-0.1, -0.05) is 181 Å². The van der Waals surface area contributed by atoms with E-state index in [1.807, 2.05) is 48.5 Å². The van der Waals surface area contributed by atoms with Crippen molar-refractivity contribution in [1.82, 2.24) is 0 Å². The Morgan fingerprint density at radius 2 is 0.565 bits per heavy atom. The van der Waals surface area contributed by atoms with Crippen molar-refractivity contribution >= 4 is 80.2 Å². The molecule has 0 unspecified atom stereocenters. The minimum absolute atomic E-state index is 0. The van der Waals surface area contributed by atoms with Gasteiger partial charge in [0.2, 0.25) is 0 Å². The van der Waals surface area contributed by atoms with Gasteiger partial charge in [0.1, 0.15) is 12.3 Å². The molecule has 10 rings (SSSR count). The van der Waals surface area contributed by atoms with E-state index in [2.05, 4.69) is 194 Å². The van der Waals surface area contributed by atoms with Crippen LogP contribution in [0.3, 0.4) is 0 Å².